The number of nitrogens with two attached hydrogens (primary N) is 1. The molecule has 1 aliphatic heterocycles. The van der Waals surface area contributed by atoms with E-state index in [1.54, 1.807) is 0 Å². The van der Waals surface area contributed by atoms with Gasteiger partial charge in [0.2, 0.25) is 5.91 Å². The van der Waals surface area contributed by atoms with Crippen molar-refractivity contribution in [2.24, 2.45) is 11.7 Å². The molecule has 0 aromatic heterocycles. The van der Waals surface area contributed by atoms with Crippen molar-refractivity contribution in [1.82, 2.24) is 4.90 Å². The molecule has 2 aliphatic rings. The van der Waals surface area contributed by atoms with Crippen LogP contribution in [0.1, 0.15) is 45.4 Å². The lowest BCUT2D eigenvalue weighted by Gasteiger charge is -2.39. The number of hydrogen-bond acceptors (Lipinski definition) is 3. The Balaban J connectivity index is 1.92. The van der Waals surface area contributed by atoms with E-state index in [0.717, 1.165) is 45.1 Å². The maximum absolute atomic E-state index is 12.5. The van der Waals surface area contributed by atoms with Crippen molar-refractivity contribution in [2.45, 2.75) is 57.1 Å². The van der Waals surface area contributed by atoms with E-state index in [4.69, 9.17) is 10.5 Å². The van der Waals surface area contributed by atoms with Crippen LogP contribution < -0.4 is 5.73 Å². The molecule has 0 spiro atoms. The van der Waals surface area contributed by atoms with Gasteiger partial charge in [-0.2, -0.15) is 0 Å². The third kappa shape index (κ3) is 3.04. The Morgan fingerprint density at radius 2 is 2.17 bits per heavy atom. The summed E-state index contributed by atoms with van der Waals surface area (Å²) in [7, 11) is 1.88. The molecular weight excluding hydrogens is 228 g/mol. The molecule has 1 saturated carbocycles. The number of likely N-dealkylation sites (N-methyl/N-ethyl adjacent to an activating group) is 1. The molecule has 4 nitrogen and oxygen atoms in total. The average Bonchev–Trinajstić information content (AvgIpc) is 2.80. The normalized spacial score (nSPS) is 36.6. The maximum Gasteiger partial charge on any atom is 0.227 e. The minimum absolute atomic E-state index is 0.0161. The van der Waals surface area contributed by atoms with Crippen LogP contribution >= 0.6 is 0 Å². The lowest BCUT2D eigenvalue weighted by atomic mass is 9.74. The first-order valence-corrected chi connectivity index (χ1v) is 7.16. The third-order valence-corrected chi connectivity index (χ3v) is 4.43. The second-order valence-electron chi connectivity index (χ2n) is 6.16. The van der Waals surface area contributed by atoms with Crippen LogP contribution in [0.2, 0.25) is 0 Å². The van der Waals surface area contributed by atoms with Gasteiger partial charge in [-0.25, -0.2) is 0 Å². The Kier molecular flexibility index (Phi) is 4.28. The van der Waals surface area contributed by atoms with Gasteiger partial charge in [-0.1, -0.05) is 12.8 Å². The first-order chi connectivity index (χ1) is 8.50. The molecule has 1 amide bonds. The Labute approximate surface area is 110 Å². The molecular formula is C14H26N2O2. The van der Waals surface area contributed by atoms with E-state index < -0.39 is 0 Å². The fourth-order valence-electron chi connectivity index (χ4n) is 3.21. The zero-order chi connectivity index (χ0) is 13.2. The standard InChI is InChI=1S/C14H26N2O2/c1-14(15)8-4-3-7-12(14)13(17)16(2)10-11-6-5-9-18-11/h11-12H,3-10,15H2,1-2H3. The average molecular weight is 254 g/mol. The largest absolute Gasteiger partial charge is 0.376 e. The van der Waals surface area contributed by atoms with E-state index in [-0.39, 0.29) is 23.5 Å². The molecule has 18 heavy (non-hydrogen) atoms. The first-order valence-electron chi connectivity index (χ1n) is 7.16. The number of carbonyl (C=O) groups excluding carboxylic acids is 1. The Morgan fingerprint density at radius 1 is 1.39 bits per heavy atom. The van der Waals surface area contributed by atoms with Gasteiger partial charge in [0.05, 0.1) is 12.0 Å². The monoisotopic (exact) mass is 254 g/mol. The lowest BCUT2D eigenvalue weighted by molar-refractivity contribution is -0.139. The van der Waals surface area contributed by atoms with Gasteiger partial charge >= 0.3 is 0 Å². The Bertz CT molecular complexity index is 298. The van der Waals surface area contributed by atoms with E-state index in [1.165, 1.54) is 0 Å². The van der Waals surface area contributed by atoms with Gasteiger partial charge in [0.15, 0.2) is 0 Å². The van der Waals surface area contributed by atoms with Crippen molar-refractivity contribution < 1.29 is 9.53 Å². The molecule has 2 rings (SSSR count). The van der Waals surface area contributed by atoms with Crippen molar-refractivity contribution in [1.29, 1.82) is 0 Å². The highest BCUT2D eigenvalue weighted by Gasteiger charge is 2.39. The summed E-state index contributed by atoms with van der Waals surface area (Å²) in [5, 5.41) is 0. The minimum atomic E-state index is -0.333. The maximum atomic E-state index is 12.5. The van der Waals surface area contributed by atoms with Crippen LogP contribution in [0.4, 0.5) is 0 Å². The van der Waals surface area contributed by atoms with Gasteiger partial charge in [-0.05, 0) is 32.6 Å². The summed E-state index contributed by atoms with van der Waals surface area (Å²) in [4.78, 5) is 14.3. The van der Waals surface area contributed by atoms with Crippen LogP contribution in [-0.2, 0) is 9.53 Å². The second kappa shape index (κ2) is 5.57. The zero-order valence-corrected chi connectivity index (χ0v) is 11.7. The van der Waals surface area contributed by atoms with Crippen molar-refractivity contribution in [3.8, 4) is 0 Å². The molecule has 0 radical (unpaired) electrons. The Hall–Kier alpha value is -0.610. The summed E-state index contributed by atoms with van der Waals surface area (Å²) in [6.07, 6.45) is 6.57. The predicted octanol–water partition coefficient (Wildman–Crippen LogP) is 1.53. The zero-order valence-electron chi connectivity index (χ0n) is 11.7. The van der Waals surface area contributed by atoms with E-state index in [0.29, 0.717) is 6.54 Å². The molecule has 0 aromatic rings. The SMILES string of the molecule is CN(CC1CCCO1)C(=O)C1CCCCC1(C)N. The summed E-state index contributed by atoms with van der Waals surface area (Å²) in [6, 6.07) is 0. The molecule has 3 unspecified atom stereocenters. The molecule has 2 fully saturated rings. The molecule has 1 aliphatic carbocycles. The summed E-state index contributed by atoms with van der Waals surface area (Å²) in [6.45, 7) is 3.57. The highest BCUT2D eigenvalue weighted by molar-refractivity contribution is 5.80. The number of hydrogen-bond donors (Lipinski definition) is 1. The molecule has 0 bridgehead atoms. The van der Waals surface area contributed by atoms with E-state index in [2.05, 4.69) is 0 Å². The molecule has 1 saturated heterocycles. The molecule has 1 heterocycles. The fourth-order valence-corrected chi connectivity index (χ4v) is 3.21. The van der Waals surface area contributed by atoms with Crippen LogP contribution in [0, 0.1) is 5.92 Å². The second-order valence-corrected chi connectivity index (χ2v) is 6.16. The third-order valence-electron chi connectivity index (χ3n) is 4.43. The van der Waals surface area contributed by atoms with E-state index in [9.17, 15) is 4.79 Å². The quantitative estimate of drug-likeness (QED) is 0.831. The highest BCUT2D eigenvalue weighted by atomic mass is 16.5. The van der Waals surface area contributed by atoms with E-state index in [1.807, 2.05) is 18.9 Å². The number of nitrogens with zero attached hydrogens (tertiary/aromatic N) is 1. The summed E-state index contributed by atoms with van der Waals surface area (Å²) in [5.41, 5.74) is 5.96. The van der Waals surface area contributed by atoms with Crippen molar-refractivity contribution >= 4 is 5.91 Å². The summed E-state index contributed by atoms with van der Waals surface area (Å²) in [5.74, 6) is 0.188. The lowest BCUT2D eigenvalue weighted by Crippen LogP contribution is -2.53. The smallest absolute Gasteiger partial charge is 0.227 e. The van der Waals surface area contributed by atoms with Crippen LogP contribution in [-0.4, -0.2) is 42.6 Å². The van der Waals surface area contributed by atoms with Crippen LogP contribution in [0.3, 0.4) is 0 Å². The molecule has 104 valence electrons. The minimum Gasteiger partial charge on any atom is -0.376 e. The summed E-state index contributed by atoms with van der Waals surface area (Å²) >= 11 is 0. The predicted molar refractivity (Wildman–Crippen MR) is 71.2 cm³/mol. The number of rotatable bonds is 3. The van der Waals surface area contributed by atoms with Crippen LogP contribution in [0.5, 0.6) is 0 Å². The molecule has 4 heteroatoms. The molecule has 0 aromatic carbocycles. The number of ether oxygens (including phenoxy) is 1. The number of amides is 1. The Morgan fingerprint density at radius 3 is 2.78 bits per heavy atom. The number of carbonyl (C=O) groups is 1. The fraction of sp³-hybridized carbons (Fsp3) is 0.929. The van der Waals surface area contributed by atoms with Gasteiger partial charge in [-0.15, -0.1) is 0 Å². The van der Waals surface area contributed by atoms with Crippen LogP contribution in [0.15, 0.2) is 0 Å². The van der Waals surface area contributed by atoms with Gasteiger partial charge < -0.3 is 15.4 Å². The van der Waals surface area contributed by atoms with Gasteiger partial charge in [0.25, 0.3) is 0 Å². The van der Waals surface area contributed by atoms with Crippen molar-refractivity contribution in [3.05, 3.63) is 0 Å². The van der Waals surface area contributed by atoms with Gasteiger partial charge in [0.1, 0.15) is 0 Å². The van der Waals surface area contributed by atoms with E-state index >= 15 is 0 Å². The summed E-state index contributed by atoms with van der Waals surface area (Å²) < 4.78 is 5.59. The van der Waals surface area contributed by atoms with Gasteiger partial charge in [0, 0.05) is 25.7 Å². The van der Waals surface area contributed by atoms with Gasteiger partial charge in [-0.3, -0.25) is 4.79 Å². The van der Waals surface area contributed by atoms with Crippen LogP contribution in [0.25, 0.3) is 0 Å². The van der Waals surface area contributed by atoms with Crippen molar-refractivity contribution in [2.75, 3.05) is 20.2 Å². The molecule has 2 N–H and O–H groups in total. The molecule has 3 atom stereocenters. The van der Waals surface area contributed by atoms with Crippen molar-refractivity contribution in [3.63, 3.8) is 0 Å². The topological polar surface area (TPSA) is 55.6 Å². The highest BCUT2D eigenvalue weighted by Crippen LogP contribution is 2.32. The first kappa shape index (κ1) is 13.8.